The van der Waals surface area contributed by atoms with Gasteiger partial charge in [0.15, 0.2) is 0 Å². The molecular formula is C10H19NO. The van der Waals surface area contributed by atoms with Gasteiger partial charge in [0.1, 0.15) is 0 Å². The first-order chi connectivity index (χ1) is 5.38. The monoisotopic (exact) mass is 169 g/mol. The second-order valence-corrected chi connectivity index (χ2v) is 4.15. The molecule has 0 bridgehead atoms. The Hall–Kier alpha value is -0.790. The van der Waals surface area contributed by atoms with E-state index >= 15 is 0 Å². The topological polar surface area (TPSA) is 29.1 Å². The van der Waals surface area contributed by atoms with Gasteiger partial charge < -0.3 is 5.32 Å². The zero-order valence-electron chi connectivity index (χ0n) is 8.48. The summed E-state index contributed by atoms with van der Waals surface area (Å²) in [6.07, 6.45) is 2.63. The van der Waals surface area contributed by atoms with Crippen LogP contribution >= 0.6 is 0 Å². The lowest BCUT2D eigenvalue weighted by Gasteiger charge is -2.20. The molecule has 0 heterocycles. The van der Waals surface area contributed by atoms with Crippen molar-refractivity contribution in [2.24, 2.45) is 5.41 Å². The van der Waals surface area contributed by atoms with Crippen LogP contribution < -0.4 is 5.32 Å². The smallest absolute Gasteiger partial charge is 0.225 e. The number of hydrogen-bond acceptors (Lipinski definition) is 1. The Morgan fingerprint density at radius 2 is 2.08 bits per heavy atom. The van der Waals surface area contributed by atoms with E-state index in [9.17, 15) is 4.79 Å². The van der Waals surface area contributed by atoms with E-state index in [0.29, 0.717) is 0 Å². The standard InChI is InChI=1S/C10H19NO/c1-6-7-8(2)11-9(12)10(3,4)5/h6,8H,1,7H2,2-5H3,(H,11,12). The molecular weight excluding hydrogens is 150 g/mol. The van der Waals surface area contributed by atoms with Gasteiger partial charge in [-0.05, 0) is 13.3 Å². The van der Waals surface area contributed by atoms with Crippen LogP contribution in [0.4, 0.5) is 0 Å². The molecule has 0 spiro atoms. The Bertz CT molecular complexity index is 167. The molecule has 70 valence electrons. The van der Waals surface area contributed by atoms with Gasteiger partial charge in [0.25, 0.3) is 0 Å². The minimum Gasteiger partial charge on any atom is -0.353 e. The molecule has 2 nitrogen and oxygen atoms in total. The maximum absolute atomic E-state index is 11.4. The number of nitrogens with one attached hydrogen (secondary N) is 1. The van der Waals surface area contributed by atoms with Crippen molar-refractivity contribution in [2.75, 3.05) is 0 Å². The van der Waals surface area contributed by atoms with Crippen molar-refractivity contribution in [1.82, 2.24) is 5.32 Å². The molecule has 0 radical (unpaired) electrons. The van der Waals surface area contributed by atoms with Crippen LogP contribution in [-0.4, -0.2) is 11.9 Å². The molecule has 0 aliphatic carbocycles. The van der Waals surface area contributed by atoms with Crippen molar-refractivity contribution in [3.05, 3.63) is 12.7 Å². The van der Waals surface area contributed by atoms with Gasteiger partial charge in [0, 0.05) is 11.5 Å². The number of rotatable bonds is 3. The number of carbonyl (C=O) groups excluding carboxylic acids is 1. The lowest BCUT2D eigenvalue weighted by Crippen LogP contribution is -2.40. The second-order valence-electron chi connectivity index (χ2n) is 4.15. The Kier molecular flexibility index (Phi) is 4.01. The van der Waals surface area contributed by atoms with Crippen molar-refractivity contribution in [2.45, 2.75) is 40.2 Å². The van der Waals surface area contributed by atoms with Gasteiger partial charge in [-0.2, -0.15) is 0 Å². The van der Waals surface area contributed by atoms with Gasteiger partial charge in [-0.15, -0.1) is 6.58 Å². The van der Waals surface area contributed by atoms with E-state index in [4.69, 9.17) is 0 Å². The van der Waals surface area contributed by atoms with Gasteiger partial charge in [-0.1, -0.05) is 26.8 Å². The summed E-state index contributed by atoms with van der Waals surface area (Å²) in [7, 11) is 0. The SMILES string of the molecule is C=CCC(C)NC(=O)C(C)(C)C. The second kappa shape index (κ2) is 4.29. The van der Waals surface area contributed by atoms with Crippen molar-refractivity contribution in [1.29, 1.82) is 0 Å². The third kappa shape index (κ3) is 4.16. The van der Waals surface area contributed by atoms with E-state index in [1.165, 1.54) is 0 Å². The van der Waals surface area contributed by atoms with Gasteiger partial charge in [0.2, 0.25) is 5.91 Å². The summed E-state index contributed by atoms with van der Waals surface area (Å²) in [4.78, 5) is 11.4. The van der Waals surface area contributed by atoms with Crippen molar-refractivity contribution < 1.29 is 4.79 Å². The first-order valence-corrected chi connectivity index (χ1v) is 4.29. The number of hydrogen-bond donors (Lipinski definition) is 1. The normalized spacial score (nSPS) is 13.7. The maximum Gasteiger partial charge on any atom is 0.225 e. The van der Waals surface area contributed by atoms with Crippen LogP contribution in [0.15, 0.2) is 12.7 Å². The molecule has 0 aromatic heterocycles. The van der Waals surface area contributed by atoms with Crippen LogP contribution in [0.2, 0.25) is 0 Å². The Morgan fingerprint density at radius 3 is 2.42 bits per heavy atom. The third-order valence-corrected chi connectivity index (χ3v) is 1.58. The molecule has 0 saturated carbocycles. The largest absolute Gasteiger partial charge is 0.353 e. The molecule has 1 unspecified atom stereocenters. The molecule has 1 N–H and O–H groups in total. The molecule has 1 atom stereocenters. The van der Waals surface area contributed by atoms with E-state index < -0.39 is 0 Å². The minimum absolute atomic E-state index is 0.0943. The molecule has 0 saturated heterocycles. The highest BCUT2D eigenvalue weighted by molar-refractivity contribution is 5.81. The fourth-order valence-corrected chi connectivity index (χ4v) is 0.749. The Balaban J connectivity index is 3.92. The number of carbonyl (C=O) groups is 1. The summed E-state index contributed by atoms with van der Waals surface area (Å²) < 4.78 is 0. The number of amides is 1. The first-order valence-electron chi connectivity index (χ1n) is 4.29. The average Bonchev–Trinajstić information content (AvgIpc) is 1.85. The van der Waals surface area contributed by atoms with Gasteiger partial charge in [0.05, 0.1) is 0 Å². The molecule has 0 rings (SSSR count). The fraction of sp³-hybridized carbons (Fsp3) is 0.700. The minimum atomic E-state index is -0.296. The lowest BCUT2D eigenvalue weighted by molar-refractivity contribution is -0.129. The first kappa shape index (κ1) is 11.2. The van der Waals surface area contributed by atoms with E-state index in [1.807, 2.05) is 33.8 Å². The van der Waals surface area contributed by atoms with Gasteiger partial charge in [-0.3, -0.25) is 4.79 Å². The van der Waals surface area contributed by atoms with E-state index in [-0.39, 0.29) is 17.4 Å². The Morgan fingerprint density at radius 1 is 1.58 bits per heavy atom. The van der Waals surface area contributed by atoms with E-state index in [2.05, 4.69) is 11.9 Å². The summed E-state index contributed by atoms with van der Waals surface area (Å²) in [5.74, 6) is 0.0943. The molecule has 0 fully saturated rings. The van der Waals surface area contributed by atoms with Crippen LogP contribution in [0, 0.1) is 5.41 Å². The lowest BCUT2D eigenvalue weighted by atomic mass is 9.95. The summed E-state index contributed by atoms with van der Waals surface area (Å²) in [6.45, 7) is 11.3. The maximum atomic E-state index is 11.4. The van der Waals surface area contributed by atoms with Crippen LogP contribution in [0.5, 0.6) is 0 Å². The zero-order chi connectivity index (χ0) is 9.78. The Labute approximate surface area is 75.0 Å². The van der Waals surface area contributed by atoms with Crippen molar-refractivity contribution >= 4 is 5.91 Å². The summed E-state index contributed by atoms with van der Waals surface area (Å²) in [5, 5.41) is 2.91. The van der Waals surface area contributed by atoms with Crippen molar-refractivity contribution in [3.8, 4) is 0 Å². The highest BCUT2D eigenvalue weighted by atomic mass is 16.2. The summed E-state index contributed by atoms with van der Waals surface area (Å²) in [6, 6.07) is 0.189. The van der Waals surface area contributed by atoms with Crippen LogP contribution in [0.3, 0.4) is 0 Å². The van der Waals surface area contributed by atoms with Crippen LogP contribution in [-0.2, 0) is 4.79 Å². The average molecular weight is 169 g/mol. The van der Waals surface area contributed by atoms with Gasteiger partial charge in [-0.25, -0.2) is 0 Å². The quantitative estimate of drug-likeness (QED) is 0.644. The predicted molar refractivity (Wildman–Crippen MR) is 51.9 cm³/mol. The van der Waals surface area contributed by atoms with Crippen LogP contribution in [0.25, 0.3) is 0 Å². The summed E-state index contributed by atoms with van der Waals surface area (Å²) in [5.41, 5.74) is -0.296. The van der Waals surface area contributed by atoms with E-state index in [1.54, 1.807) is 0 Å². The van der Waals surface area contributed by atoms with Crippen molar-refractivity contribution in [3.63, 3.8) is 0 Å². The van der Waals surface area contributed by atoms with Crippen LogP contribution in [0.1, 0.15) is 34.1 Å². The van der Waals surface area contributed by atoms with Gasteiger partial charge >= 0.3 is 0 Å². The van der Waals surface area contributed by atoms with E-state index in [0.717, 1.165) is 6.42 Å². The molecule has 12 heavy (non-hydrogen) atoms. The fourth-order valence-electron chi connectivity index (χ4n) is 0.749. The molecule has 0 aromatic rings. The predicted octanol–water partition coefficient (Wildman–Crippen LogP) is 2.11. The molecule has 0 aliphatic heterocycles. The molecule has 2 heteroatoms. The summed E-state index contributed by atoms with van der Waals surface area (Å²) >= 11 is 0. The highest BCUT2D eigenvalue weighted by Gasteiger charge is 2.21. The zero-order valence-corrected chi connectivity index (χ0v) is 8.48. The molecule has 0 aliphatic rings. The highest BCUT2D eigenvalue weighted by Crippen LogP contribution is 2.13. The molecule has 0 aromatic carbocycles. The molecule has 1 amide bonds. The third-order valence-electron chi connectivity index (χ3n) is 1.58.